The fourth-order valence-electron chi connectivity index (χ4n) is 5.30. The molecule has 2 aromatic rings. The number of ether oxygens (including phenoxy) is 2. The maximum absolute atomic E-state index is 12.8. The highest BCUT2D eigenvalue weighted by atomic mass is 16.5. The van der Waals surface area contributed by atoms with E-state index in [-0.39, 0.29) is 37.5 Å². The van der Waals surface area contributed by atoms with Crippen molar-refractivity contribution in [3.05, 3.63) is 59.7 Å². The molecule has 35 heavy (non-hydrogen) atoms. The molecule has 1 aliphatic carbocycles. The molecule has 2 atom stereocenters. The number of methoxy groups -OCH3 is 1. The van der Waals surface area contributed by atoms with Crippen LogP contribution in [0.2, 0.25) is 0 Å². The highest BCUT2D eigenvalue weighted by molar-refractivity contribution is 5.88. The number of benzene rings is 2. The van der Waals surface area contributed by atoms with Crippen molar-refractivity contribution in [3.63, 3.8) is 0 Å². The minimum atomic E-state index is -1.31. The first-order valence-corrected chi connectivity index (χ1v) is 12.0. The molecule has 1 heterocycles. The minimum absolute atomic E-state index is 0.0230. The average molecular weight is 481 g/mol. The van der Waals surface area contributed by atoms with Gasteiger partial charge >= 0.3 is 12.1 Å². The van der Waals surface area contributed by atoms with Gasteiger partial charge in [-0.05, 0) is 48.4 Å². The standard InChI is InChI=1S/C27H32N2O6/c1-18(12-13-24(30)29-15-7-14-27(29,17-34-2)25(31)32)28-26(33)35-16-23-21-10-5-3-8-19(21)20-9-4-6-11-22(20)23/h3-6,8-11,18,23H,7,12-17H2,1-2H3,(H,28,33)(H,31,32). The van der Waals surface area contributed by atoms with Crippen molar-refractivity contribution >= 4 is 18.0 Å². The Bertz CT molecular complexity index is 1060. The van der Waals surface area contributed by atoms with E-state index >= 15 is 0 Å². The Hall–Kier alpha value is -3.39. The predicted octanol–water partition coefficient (Wildman–Crippen LogP) is 3.79. The van der Waals surface area contributed by atoms with Crippen molar-refractivity contribution in [2.24, 2.45) is 0 Å². The van der Waals surface area contributed by atoms with E-state index in [1.165, 1.54) is 12.0 Å². The van der Waals surface area contributed by atoms with Gasteiger partial charge in [-0.1, -0.05) is 48.5 Å². The molecule has 1 aliphatic heterocycles. The number of alkyl carbamates (subject to hydrolysis) is 1. The summed E-state index contributed by atoms with van der Waals surface area (Å²) >= 11 is 0. The predicted molar refractivity (Wildman–Crippen MR) is 130 cm³/mol. The zero-order valence-electron chi connectivity index (χ0n) is 20.2. The molecular weight excluding hydrogens is 448 g/mol. The number of nitrogens with one attached hydrogen (secondary N) is 1. The topological polar surface area (TPSA) is 105 Å². The lowest BCUT2D eigenvalue weighted by molar-refractivity contribution is -0.160. The lowest BCUT2D eigenvalue weighted by Crippen LogP contribution is -2.56. The number of carbonyl (C=O) groups is 3. The monoisotopic (exact) mass is 480 g/mol. The van der Waals surface area contributed by atoms with Crippen LogP contribution in [0.15, 0.2) is 48.5 Å². The second-order valence-corrected chi connectivity index (χ2v) is 9.33. The van der Waals surface area contributed by atoms with Crippen LogP contribution in [0.3, 0.4) is 0 Å². The summed E-state index contributed by atoms with van der Waals surface area (Å²) < 4.78 is 10.7. The maximum atomic E-state index is 12.8. The smallest absolute Gasteiger partial charge is 0.407 e. The zero-order chi connectivity index (χ0) is 25.0. The van der Waals surface area contributed by atoms with Crippen LogP contribution in [-0.2, 0) is 19.1 Å². The van der Waals surface area contributed by atoms with Crippen LogP contribution in [-0.4, -0.2) is 66.4 Å². The van der Waals surface area contributed by atoms with Crippen LogP contribution >= 0.6 is 0 Å². The van der Waals surface area contributed by atoms with Crippen molar-refractivity contribution in [2.45, 2.75) is 50.1 Å². The maximum Gasteiger partial charge on any atom is 0.407 e. The molecule has 2 aromatic carbocycles. The average Bonchev–Trinajstić information content (AvgIpc) is 3.42. The lowest BCUT2D eigenvalue weighted by Gasteiger charge is -2.34. The van der Waals surface area contributed by atoms with Crippen LogP contribution in [0.4, 0.5) is 4.79 Å². The van der Waals surface area contributed by atoms with Crippen molar-refractivity contribution in [1.82, 2.24) is 10.2 Å². The number of carboxylic acids is 1. The number of hydrogen-bond acceptors (Lipinski definition) is 5. The summed E-state index contributed by atoms with van der Waals surface area (Å²) in [6, 6.07) is 16.0. The molecule has 0 spiro atoms. The molecule has 2 amide bonds. The van der Waals surface area contributed by atoms with E-state index in [0.717, 1.165) is 22.3 Å². The Balaban J connectivity index is 1.29. The third-order valence-electron chi connectivity index (χ3n) is 7.07. The van der Waals surface area contributed by atoms with E-state index in [4.69, 9.17) is 9.47 Å². The summed E-state index contributed by atoms with van der Waals surface area (Å²) in [6.45, 7) is 2.38. The summed E-state index contributed by atoms with van der Waals surface area (Å²) in [4.78, 5) is 38.6. The molecule has 2 N–H and O–H groups in total. The number of carboxylic acid groups (broad SMARTS) is 1. The Kier molecular flexibility index (Phi) is 7.40. The van der Waals surface area contributed by atoms with Gasteiger partial charge in [-0.2, -0.15) is 0 Å². The molecule has 8 nitrogen and oxygen atoms in total. The summed E-state index contributed by atoms with van der Waals surface area (Å²) in [7, 11) is 1.44. The van der Waals surface area contributed by atoms with Gasteiger partial charge in [0.05, 0.1) is 6.61 Å². The molecule has 4 rings (SSSR count). The highest BCUT2D eigenvalue weighted by Crippen LogP contribution is 2.44. The Morgan fingerprint density at radius 3 is 2.34 bits per heavy atom. The van der Waals surface area contributed by atoms with Crippen LogP contribution < -0.4 is 5.32 Å². The number of carbonyl (C=O) groups excluding carboxylic acids is 2. The first kappa shape index (κ1) is 24.7. The molecule has 0 aromatic heterocycles. The Morgan fingerprint density at radius 1 is 1.11 bits per heavy atom. The SMILES string of the molecule is COCC1(C(=O)O)CCCN1C(=O)CCC(C)NC(=O)OCC1c2ccccc2-c2ccccc21. The molecular formula is C27H32N2O6. The summed E-state index contributed by atoms with van der Waals surface area (Å²) in [6.07, 6.45) is 0.961. The molecule has 186 valence electrons. The van der Waals surface area contributed by atoms with Crippen molar-refractivity contribution in [2.75, 3.05) is 26.9 Å². The molecule has 8 heteroatoms. The fraction of sp³-hybridized carbons (Fsp3) is 0.444. The highest BCUT2D eigenvalue weighted by Gasteiger charge is 2.49. The van der Waals surface area contributed by atoms with Gasteiger partial charge in [0.25, 0.3) is 0 Å². The van der Waals surface area contributed by atoms with Gasteiger partial charge in [0.1, 0.15) is 6.61 Å². The largest absolute Gasteiger partial charge is 0.479 e. The third kappa shape index (κ3) is 4.89. The van der Waals surface area contributed by atoms with Gasteiger partial charge in [0.2, 0.25) is 5.91 Å². The molecule has 0 radical (unpaired) electrons. The van der Waals surface area contributed by atoms with Gasteiger partial charge in [-0.25, -0.2) is 9.59 Å². The van der Waals surface area contributed by atoms with E-state index in [1.807, 2.05) is 24.3 Å². The van der Waals surface area contributed by atoms with Gasteiger partial charge < -0.3 is 24.8 Å². The minimum Gasteiger partial charge on any atom is -0.479 e. The van der Waals surface area contributed by atoms with E-state index in [1.54, 1.807) is 6.92 Å². The number of aliphatic carboxylic acids is 1. The van der Waals surface area contributed by atoms with E-state index in [9.17, 15) is 19.5 Å². The van der Waals surface area contributed by atoms with Crippen molar-refractivity contribution in [3.8, 4) is 11.1 Å². The van der Waals surface area contributed by atoms with Crippen molar-refractivity contribution < 1.29 is 29.0 Å². The number of nitrogens with zero attached hydrogens (tertiary/aromatic N) is 1. The Morgan fingerprint density at radius 2 is 1.74 bits per heavy atom. The number of amides is 2. The molecule has 1 fully saturated rings. The van der Waals surface area contributed by atoms with Crippen LogP contribution in [0.25, 0.3) is 11.1 Å². The molecule has 0 bridgehead atoms. The molecule has 2 unspecified atom stereocenters. The van der Waals surface area contributed by atoms with E-state index in [2.05, 4.69) is 29.6 Å². The zero-order valence-corrected chi connectivity index (χ0v) is 20.2. The van der Waals surface area contributed by atoms with E-state index < -0.39 is 17.6 Å². The lowest BCUT2D eigenvalue weighted by atomic mass is 9.97. The van der Waals surface area contributed by atoms with Crippen LogP contribution in [0.1, 0.15) is 49.7 Å². The number of hydrogen-bond donors (Lipinski definition) is 2. The number of rotatable bonds is 9. The van der Waals surface area contributed by atoms with Crippen LogP contribution in [0, 0.1) is 0 Å². The van der Waals surface area contributed by atoms with E-state index in [0.29, 0.717) is 25.8 Å². The van der Waals surface area contributed by atoms with Crippen molar-refractivity contribution in [1.29, 1.82) is 0 Å². The summed E-state index contributed by atoms with van der Waals surface area (Å²) in [5, 5.41) is 12.5. The van der Waals surface area contributed by atoms with Gasteiger partial charge in [0, 0.05) is 32.0 Å². The fourth-order valence-corrected chi connectivity index (χ4v) is 5.30. The molecule has 2 aliphatic rings. The second kappa shape index (κ2) is 10.5. The van der Waals surface area contributed by atoms with Gasteiger partial charge in [-0.3, -0.25) is 4.79 Å². The summed E-state index contributed by atoms with van der Waals surface area (Å²) in [5.41, 5.74) is 3.30. The third-order valence-corrected chi connectivity index (χ3v) is 7.07. The first-order chi connectivity index (χ1) is 16.9. The number of likely N-dealkylation sites (tertiary alicyclic amines) is 1. The normalized spacial score (nSPS) is 19.7. The molecule has 1 saturated heterocycles. The van der Waals surface area contributed by atoms with Crippen LogP contribution in [0.5, 0.6) is 0 Å². The molecule has 0 saturated carbocycles. The van der Waals surface area contributed by atoms with Gasteiger partial charge in [0.15, 0.2) is 5.54 Å². The van der Waals surface area contributed by atoms with Gasteiger partial charge in [-0.15, -0.1) is 0 Å². The second-order valence-electron chi connectivity index (χ2n) is 9.33. The quantitative estimate of drug-likeness (QED) is 0.566. The first-order valence-electron chi connectivity index (χ1n) is 12.0. The Labute approximate surface area is 205 Å². The summed E-state index contributed by atoms with van der Waals surface area (Å²) in [5.74, 6) is -1.32. The number of fused-ring (bicyclic) bond motifs is 3.